The summed E-state index contributed by atoms with van der Waals surface area (Å²) in [6.07, 6.45) is -2.54. The van der Waals surface area contributed by atoms with Crippen molar-refractivity contribution in [2.24, 2.45) is 0 Å². The Labute approximate surface area is 107 Å². The largest absolute Gasteiger partial charge is 0.281 e. The first-order valence-electron chi connectivity index (χ1n) is 3.25. The molecule has 0 saturated heterocycles. The van der Waals surface area contributed by atoms with Crippen molar-refractivity contribution in [3.8, 4) is 0 Å². The zero-order chi connectivity index (χ0) is 10.0. The second-order valence-corrected chi connectivity index (χ2v) is 4.74. The van der Waals surface area contributed by atoms with Crippen LogP contribution in [0.5, 0.6) is 0 Å². The second kappa shape index (κ2) is 5.01. The molecule has 1 heterocycles. The van der Waals surface area contributed by atoms with E-state index >= 15 is 0 Å². The monoisotopic (exact) mass is 429 g/mol. The SMILES string of the molecule is FC(F)c1nc(CCl)cc(I)c1I. The summed E-state index contributed by atoms with van der Waals surface area (Å²) in [5, 5.41) is 0. The van der Waals surface area contributed by atoms with E-state index in [0.717, 1.165) is 3.57 Å². The average molecular weight is 429 g/mol. The second-order valence-electron chi connectivity index (χ2n) is 2.23. The van der Waals surface area contributed by atoms with E-state index in [1.807, 2.05) is 45.2 Å². The van der Waals surface area contributed by atoms with Gasteiger partial charge in [0.2, 0.25) is 0 Å². The fourth-order valence-corrected chi connectivity index (χ4v) is 2.07. The molecule has 1 aromatic heterocycles. The molecule has 1 aromatic rings. The first-order chi connectivity index (χ1) is 6.06. The maximum atomic E-state index is 12.4. The lowest BCUT2D eigenvalue weighted by Crippen LogP contribution is -2.00. The Morgan fingerprint density at radius 1 is 1.46 bits per heavy atom. The third kappa shape index (κ3) is 2.85. The standard InChI is InChI=1S/C7H4ClF2I2N/c8-2-3-1-4(11)5(12)6(13-3)7(9)10/h1,7H,2H2. The molecule has 1 rings (SSSR count). The van der Waals surface area contributed by atoms with E-state index in [1.54, 1.807) is 6.07 Å². The van der Waals surface area contributed by atoms with E-state index < -0.39 is 6.43 Å². The van der Waals surface area contributed by atoms with Crippen molar-refractivity contribution < 1.29 is 8.78 Å². The summed E-state index contributed by atoms with van der Waals surface area (Å²) in [4.78, 5) is 3.76. The molecule has 13 heavy (non-hydrogen) atoms. The Morgan fingerprint density at radius 2 is 2.08 bits per heavy atom. The Morgan fingerprint density at radius 3 is 2.54 bits per heavy atom. The van der Waals surface area contributed by atoms with Crippen LogP contribution in [0.1, 0.15) is 17.8 Å². The molecule has 6 heteroatoms. The Bertz CT molecular complexity index is 320. The van der Waals surface area contributed by atoms with E-state index in [1.165, 1.54) is 0 Å². The minimum absolute atomic E-state index is 0.159. The number of pyridine rings is 1. The highest BCUT2D eigenvalue weighted by Gasteiger charge is 2.16. The average Bonchev–Trinajstić information content (AvgIpc) is 2.09. The summed E-state index contributed by atoms with van der Waals surface area (Å²) < 4.78 is 26.1. The summed E-state index contributed by atoms with van der Waals surface area (Å²) in [7, 11) is 0. The van der Waals surface area contributed by atoms with E-state index in [4.69, 9.17) is 11.6 Å². The van der Waals surface area contributed by atoms with E-state index in [-0.39, 0.29) is 11.6 Å². The summed E-state index contributed by atoms with van der Waals surface area (Å²) in [5.41, 5.74) is 0.310. The highest BCUT2D eigenvalue weighted by molar-refractivity contribution is 14.1. The molecule has 72 valence electrons. The number of rotatable bonds is 2. The molecule has 0 saturated carbocycles. The van der Waals surface area contributed by atoms with Crippen molar-refractivity contribution in [1.29, 1.82) is 0 Å². The summed E-state index contributed by atoms with van der Waals surface area (Å²) in [5.74, 6) is 0.159. The number of aromatic nitrogens is 1. The maximum absolute atomic E-state index is 12.4. The van der Waals surface area contributed by atoms with Crippen molar-refractivity contribution >= 4 is 56.8 Å². The van der Waals surface area contributed by atoms with Crippen LogP contribution in [-0.4, -0.2) is 4.98 Å². The molecule has 0 atom stereocenters. The van der Waals surface area contributed by atoms with Crippen molar-refractivity contribution in [2.45, 2.75) is 12.3 Å². The van der Waals surface area contributed by atoms with Crippen LogP contribution in [0.15, 0.2) is 6.07 Å². The Kier molecular flexibility index (Phi) is 4.56. The lowest BCUT2D eigenvalue weighted by molar-refractivity contribution is 0.144. The van der Waals surface area contributed by atoms with Gasteiger partial charge in [-0.2, -0.15) is 0 Å². The zero-order valence-electron chi connectivity index (χ0n) is 6.20. The van der Waals surface area contributed by atoms with Gasteiger partial charge in [-0.3, -0.25) is 0 Å². The van der Waals surface area contributed by atoms with E-state index in [0.29, 0.717) is 9.26 Å². The molecular weight excluding hydrogens is 425 g/mol. The van der Waals surface area contributed by atoms with Crippen LogP contribution in [-0.2, 0) is 5.88 Å². The van der Waals surface area contributed by atoms with E-state index in [2.05, 4.69) is 4.98 Å². The molecule has 0 unspecified atom stereocenters. The Hall–Kier alpha value is 0.760. The minimum Gasteiger partial charge on any atom is -0.249 e. The van der Waals surface area contributed by atoms with Crippen molar-refractivity contribution in [2.75, 3.05) is 0 Å². The maximum Gasteiger partial charge on any atom is 0.281 e. The van der Waals surface area contributed by atoms with Gasteiger partial charge in [-0.05, 0) is 51.2 Å². The predicted molar refractivity (Wildman–Crippen MR) is 64.2 cm³/mol. The van der Waals surface area contributed by atoms with E-state index in [9.17, 15) is 8.78 Å². The van der Waals surface area contributed by atoms with Crippen LogP contribution in [0, 0.1) is 7.14 Å². The van der Waals surface area contributed by atoms with Crippen molar-refractivity contribution in [1.82, 2.24) is 4.98 Å². The van der Waals surface area contributed by atoms with Crippen LogP contribution >= 0.6 is 56.8 Å². The zero-order valence-corrected chi connectivity index (χ0v) is 11.3. The highest BCUT2D eigenvalue weighted by atomic mass is 127. The molecule has 0 radical (unpaired) electrons. The molecule has 0 aliphatic carbocycles. The van der Waals surface area contributed by atoms with Gasteiger partial charge in [0.1, 0.15) is 5.69 Å². The van der Waals surface area contributed by atoms with Crippen LogP contribution in [0.3, 0.4) is 0 Å². The van der Waals surface area contributed by atoms with Crippen molar-refractivity contribution in [3.05, 3.63) is 24.6 Å². The highest BCUT2D eigenvalue weighted by Crippen LogP contribution is 2.27. The van der Waals surface area contributed by atoms with Gasteiger partial charge in [0.25, 0.3) is 6.43 Å². The third-order valence-electron chi connectivity index (χ3n) is 1.34. The molecule has 0 aliphatic heterocycles. The molecule has 0 N–H and O–H groups in total. The van der Waals surface area contributed by atoms with Gasteiger partial charge in [0.05, 0.1) is 15.1 Å². The quantitative estimate of drug-likeness (QED) is 0.512. The molecule has 0 aliphatic rings. The minimum atomic E-state index is -2.54. The molecule has 1 nitrogen and oxygen atoms in total. The van der Waals surface area contributed by atoms with Gasteiger partial charge < -0.3 is 0 Å². The Balaban J connectivity index is 3.25. The fourth-order valence-electron chi connectivity index (χ4n) is 0.781. The molecule has 0 fully saturated rings. The van der Waals surface area contributed by atoms with Crippen LogP contribution < -0.4 is 0 Å². The molecule has 0 bridgehead atoms. The van der Waals surface area contributed by atoms with Crippen molar-refractivity contribution in [3.63, 3.8) is 0 Å². The normalized spacial score (nSPS) is 10.9. The third-order valence-corrected chi connectivity index (χ3v) is 4.63. The summed E-state index contributed by atoms with van der Waals surface area (Å²) in [6, 6.07) is 1.71. The van der Waals surface area contributed by atoms with Crippen LogP contribution in [0.2, 0.25) is 0 Å². The number of hydrogen-bond acceptors (Lipinski definition) is 1. The van der Waals surface area contributed by atoms with Gasteiger partial charge in [0, 0.05) is 3.57 Å². The molecular formula is C7H4ClF2I2N. The van der Waals surface area contributed by atoms with Crippen LogP contribution in [0.4, 0.5) is 8.78 Å². The number of nitrogens with zero attached hydrogens (tertiary/aromatic N) is 1. The molecule has 0 spiro atoms. The van der Waals surface area contributed by atoms with Gasteiger partial charge >= 0.3 is 0 Å². The number of halogens is 5. The molecule has 0 aromatic carbocycles. The lowest BCUT2D eigenvalue weighted by Gasteiger charge is -2.06. The number of alkyl halides is 3. The summed E-state index contributed by atoms with van der Waals surface area (Å²) in [6.45, 7) is 0. The van der Waals surface area contributed by atoms with Gasteiger partial charge in [-0.25, -0.2) is 13.8 Å². The first-order valence-corrected chi connectivity index (χ1v) is 5.94. The fraction of sp³-hybridized carbons (Fsp3) is 0.286. The first kappa shape index (κ1) is 11.8. The predicted octanol–water partition coefficient (Wildman–Crippen LogP) is 3.97. The topological polar surface area (TPSA) is 12.9 Å². The lowest BCUT2D eigenvalue weighted by atomic mass is 10.3. The van der Waals surface area contributed by atoms with Gasteiger partial charge in [0.15, 0.2) is 0 Å². The summed E-state index contributed by atoms with van der Waals surface area (Å²) >= 11 is 9.37. The number of hydrogen-bond donors (Lipinski definition) is 0. The van der Waals surface area contributed by atoms with Gasteiger partial charge in [-0.15, -0.1) is 11.6 Å². The van der Waals surface area contributed by atoms with Crippen LogP contribution in [0.25, 0.3) is 0 Å². The smallest absolute Gasteiger partial charge is 0.249 e. The van der Waals surface area contributed by atoms with Gasteiger partial charge in [-0.1, -0.05) is 0 Å². The molecule has 0 amide bonds.